The number of carbonyl (C=O) groups is 1. The Balaban J connectivity index is 1.30. The van der Waals surface area contributed by atoms with Crippen molar-refractivity contribution in [2.24, 2.45) is 13.0 Å². The van der Waals surface area contributed by atoms with E-state index in [1.807, 2.05) is 50.9 Å². The molecule has 248 valence electrons. The van der Waals surface area contributed by atoms with Gasteiger partial charge in [0, 0.05) is 69.3 Å². The summed E-state index contributed by atoms with van der Waals surface area (Å²) in [4.78, 5) is 32.5. The second-order valence-electron chi connectivity index (χ2n) is 13.0. The van der Waals surface area contributed by atoms with Crippen LogP contribution in [0.25, 0.3) is 11.1 Å². The molecule has 1 atom stereocenters. The zero-order valence-electron chi connectivity index (χ0n) is 28.8. The molecular formula is C38H47N5O4. The molecule has 9 nitrogen and oxygen atoms in total. The average Bonchev–Trinajstić information content (AvgIpc) is 3.58. The lowest BCUT2D eigenvalue weighted by molar-refractivity contribution is -0.127. The van der Waals surface area contributed by atoms with Crippen molar-refractivity contribution in [3.05, 3.63) is 86.9 Å². The van der Waals surface area contributed by atoms with Gasteiger partial charge in [-0.15, -0.1) is 0 Å². The van der Waals surface area contributed by atoms with Crippen LogP contribution in [0.5, 0.6) is 11.5 Å². The van der Waals surface area contributed by atoms with Crippen LogP contribution in [0.15, 0.2) is 59.0 Å². The van der Waals surface area contributed by atoms with Crippen molar-refractivity contribution in [2.75, 3.05) is 51.8 Å². The number of methoxy groups -OCH3 is 2. The summed E-state index contributed by atoms with van der Waals surface area (Å²) in [6, 6.07) is 14.7. The van der Waals surface area contributed by atoms with Gasteiger partial charge in [0.1, 0.15) is 23.1 Å². The number of likely N-dealkylation sites (tertiary alicyclic amines) is 1. The van der Waals surface area contributed by atoms with Crippen molar-refractivity contribution in [1.82, 2.24) is 14.4 Å². The van der Waals surface area contributed by atoms with Crippen molar-refractivity contribution >= 4 is 11.6 Å². The Morgan fingerprint density at radius 2 is 1.70 bits per heavy atom. The maximum atomic E-state index is 13.3. The van der Waals surface area contributed by atoms with Gasteiger partial charge in [-0.1, -0.05) is 32.1 Å². The van der Waals surface area contributed by atoms with Crippen LogP contribution >= 0.6 is 0 Å². The number of anilines is 1. The molecular weight excluding hydrogens is 590 g/mol. The van der Waals surface area contributed by atoms with Gasteiger partial charge >= 0.3 is 0 Å². The van der Waals surface area contributed by atoms with Gasteiger partial charge in [0.05, 0.1) is 25.8 Å². The van der Waals surface area contributed by atoms with E-state index >= 15 is 0 Å². The fourth-order valence-electron chi connectivity index (χ4n) is 6.88. The molecule has 2 aliphatic heterocycles. The Hall–Kier alpha value is -4.55. The summed E-state index contributed by atoms with van der Waals surface area (Å²) in [5.74, 6) is 1.50. The van der Waals surface area contributed by atoms with Crippen LogP contribution in [0, 0.1) is 31.1 Å². The van der Waals surface area contributed by atoms with Crippen molar-refractivity contribution < 1.29 is 14.3 Å². The summed E-state index contributed by atoms with van der Waals surface area (Å²) >= 11 is 0. The third-order valence-corrected chi connectivity index (χ3v) is 9.59. The molecule has 2 fully saturated rings. The molecule has 1 unspecified atom stereocenters. The molecule has 3 aromatic rings. The highest BCUT2D eigenvalue weighted by Gasteiger charge is 2.32. The third-order valence-electron chi connectivity index (χ3n) is 9.59. The molecule has 2 aromatic carbocycles. The molecule has 9 heteroatoms. The van der Waals surface area contributed by atoms with Crippen LogP contribution < -0.4 is 19.9 Å². The van der Waals surface area contributed by atoms with Gasteiger partial charge in [-0.05, 0) is 73.6 Å². The standard InChI is InChI=1S/C38H47N5O4/c1-25(2)18-30(22-39)38(45)43-13-9-12-34(43)28-10-8-11-31(19-28)42-16-14-41(15-17-42)24-33-35(46-6)20-29(21-36(33)47-7)32-23-40(5)37(44)27(4)26(32)3/h8,10-11,18-21,23,25,34H,9,12-17,24H2,1-7H3. The molecule has 0 saturated carbocycles. The van der Waals surface area contributed by atoms with Gasteiger partial charge in [-0.25, -0.2) is 0 Å². The minimum absolute atomic E-state index is 0.00648. The fraction of sp³-hybridized carbons (Fsp3) is 0.447. The first-order valence-corrected chi connectivity index (χ1v) is 16.5. The predicted octanol–water partition coefficient (Wildman–Crippen LogP) is 5.78. The largest absolute Gasteiger partial charge is 0.496 e. The Morgan fingerprint density at radius 3 is 2.32 bits per heavy atom. The number of aromatic nitrogens is 1. The van der Waals surface area contributed by atoms with E-state index in [1.165, 1.54) is 0 Å². The number of piperazine rings is 1. The molecule has 1 aromatic heterocycles. The Kier molecular flexibility index (Phi) is 10.4. The second-order valence-corrected chi connectivity index (χ2v) is 13.0. The number of pyridine rings is 1. The minimum Gasteiger partial charge on any atom is -0.496 e. The van der Waals surface area contributed by atoms with Crippen molar-refractivity contribution in [3.63, 3.8) is 0 Å². The fourth-order valence-corrected chi connectivity index (χ4v) is 6.88. The zero-order valence-corrected chi connectivity index (χ0v) is 28.8. The molecule has 5 rings (SSSR count). The lowest BCUT2D eigenvalue weighted by atomic mass is 9.97. The number of hydrogen-bond acceptors (Lipinski definition) is 7. The van der Waals surface area contributed by atoms with Crippen LogP contribution in [0.3, 0.4) is 0 Å². The van der Waals surface area contributed by atoms with Gasteiger partial charge in [0.25, 0.3) is 11.5 Å². The van der Waals surface area contributed by atoms with E-state index in [9.17, 15) is 14.9 Å². The quantitative estimate of drug-likeness (QED) is 0.217. The van der Waals surface area contributed by atoms with Gasteiger partial charge in [-0.3, -0.25) is 14.5 Å². The number of aryl methyl sites for hydroxylation is 1. The molecule has 2 saturated heterocycles. The smallest absolute Gasteiger partial charge is 0.264 e. The summed E-state index contributed by atoms with van der Waals surface area (Å²) in [6.45, 7) is 12.6. The van der Waals surface area contributed by atoms with Gasteiger partial charge in [-0.2, -0.15) is 5.26 Å². The summed E-state index contributed by atoms with van der Waals surface area (Å²) in [7, 11) is 5.15. The van der Waals surface area contributed by atoms with Crippen LogP contribution in [0.2, 0.25) is 0 Å². The number of benzene rings is 2. The Morgan fingerprint density at radius 1 is 1.02 bits per heavy atom. The molecule has 0 aliphatic carbocycles. The topological polar surface area (TPSA) is 91.0 Å². The van der Waals surface area contributed by atoms with Gasteiger partial charge < -0.3 is 23.8 Å². The number of allylic oxidation sites excluding steroid dienone is 1. The van der Waals surface area contributed by atoms with E-state index in [-0.39, 0.29) is 29.0 Å². The molecule has 0 bridgehead atoms. The monoisotopic (exact) mass is 637 g/mol. The normalized spacial score (nSPS) is 17.3. The number of rotatable bonds is 9. The van der Waals surface area contributed by atoms with E-state index < -0.39 is 0 Å². The number of ether oxygens (including phenoxy) is 2. The summed E-state index contributed by atoms with van der Waals surface area (Å²) in [5, 5.41) is 9.64. The highest BCUT2D eigenvalue weighted by Crippen LogP contribution is 2.38. The lowest BCUT2D eigenvalue weighted by Gasteiger charge is -2.37. The van der Waals surface area contributed by atoms with Crippen LogP contribution in [0.4, 0.5) is 5.69 Å². The molecule has 0 N–H and O–H groups in total. The highest BCUT2D eigenvalue weighted by molar-refractivity contribution is 5.97. The van der Waals surface area contributed by atoms with E-state index in [2.05, 4.69) is 40.1 Å². The Bertz CT molecular complexity index is 1740. The number of nitrogens with zero attached hydrogens (tertiary/aromatic N) is 5. The van der Waals surface area contributed by atoms with E-state index in [1.54, 1.807) is 31.9 Å². The molecule has 0 radical (unpaired) electrons. The van der Waals surface area contributed by atoms with Crippen molar-refractivity contribution in [1.29, 1.82) is 5.26 Å². The molecule has 2 aliphatic rings. The molecule has 1 amide bonds. The predicted molar refractivity (Wildman–Crippen MR) is 186 cm³/mol. The van der Waals surface area contributed by atoms with Crippen LogP contribution in [0.1, 0.15) is 55.0 Å². The number of amides is 1. The summed E-state index contributed by atoms with van der Waals surface area (Å²) < 4.78 is 13.4. The first-order valence-electron chi connectivity index (χ1n) is 16.5. The van der Waals surface area contributed by atoms with E-state index in [0.717, 1.165) is 89.6 Å². The van der Waals surface area contributed by atoms with Gasteiger partial charge in [0.15, 0.2) is 0 Å². The van der Waals surface area contributed by atoms with Crippen molar-refractivity contribution in [3.8, 4) is 28.7 Å². The molecule has 47 heavy (non-hydrogen) atoms. The molecule has 3 heterocycles. The Labute approximate surface area is 278 Å². The number of carbonyl (C=O) groups excluding carboxylic acids is 1. The van der Waals surface area contributed by atoms with Crippen molar-refractivity contribution in [2.45, 2.75) is 53.1 Å². The number of hydrogen-bond donors (Lipinski definition) is 0. The van der Waals surface area contributed by atoms with Gasteiger partial charge in [0.2, 0.25) is 0 Å². The number of nitriles is 1. The van der Waals surface area contributed by atoms with Crippen LogP contribution in [-0.4, -0.2) is 67.2 Å². The lowest BCUT2D eigenvalue weighted by Crippen LogP contribution is -2.46. The van der Waals surface area contributed by atoms with Crippen LogP contribution in [-0.2, 0) is 18.4 Å². The average molecular weight is 638 g/mol. The minimum atomic E-state index is -0.166. The van der Waals surface area contributed by atoms with E-state index in [4.69, 9.17) is 9.47 Å². The first kappa shape index (κ1) is 33.8. The zero-order chi connectivity index (χ0) is 33.8. The molecule has 0 spiro atoms. The highest BCUT2D eigenvalue weighted by atomic mass is 16.5. The summed E-state index contributed by atoms with van der Waals surface area (Å²) in [5.41, 5.74) is 7.13. The summed E-state index contributed by atoms with van der Waals surface area (Å²) in [6.07, 6.45) is 5.47. The maximum Gasteiger partial charge on any atom is 0.264 e. The SMILES string of the molecule is COc1cc(-c2cn(C)c(=O)c(C)c2C)cc(OC)c1CN1CCN(c2cccc(C3CCCN3C(=O)C(C#N)=CC(C)C)c2)CC1. The second kappa shape index (κ2) is 14.5. The van der Waals surface area contributed by atoms with E-state index in [0.29, 0.717) is 13.1 Å². The first-order chi connectivity index (χ1) is 22.6. The third kappa shape index (κ3) is 7.08. The maximum absolute atomic E-state index is 13.3.